The van der Waals surface area contributed by atoms with Gasteiger partial charge in [0.25, 0.3) is 0 Å². The molecule has 0 saturated heterocycles. The molecule has 7 heteroatoms. The van der Waals surface area contributed by atoms with Gasteiger partial charge in [-0.3, -0.25) is 4.79 Å². The molecular weight excluding hydrogens is 316 g/mol. The van der Waals surface area contributed by atoms with E-state index < -0.39 is 33.9 Å². The van der Waals surface area contributed by atoms with Crippen molar-refractivity contribution in [2.24, 2.45) is 5.92 Å². The number of hydrogen-bond donors (Lipinski definition) is 0. The van der Waals surface area contributed by atoms with Crippen molar-refractivity contribution in [3.05, 3.63) is 34.9 Å². The third-order valence-electron chi connectivity index (χ3n) is 3.29. The van der Waals surface area contributed by atoms with Crippen molar-refractivity contribution in [3.63, 3.8) is 0 Å². The fourth-order valence-electron chi connectivity index (χ4n) is 2.32. The van der Waals surface area contributed by atoms with Crippen molar-refractivity contribution in [1.82, 2.24) is 0 Å². The maximum atomic E-state index is 12.8. The molecule has 0 aromatic heterocycles. The zero-order valence-corrected chi connectivity index (χ0v) is 12.1. The minimum atomic E-state index is -4.46. The third kappa shape index (κ3) is 2.61. The summed E-state index contributed by atoms with van der Waals surface area (Å²) in [5.74, 6) is -2.17. The number of aryl methyl sites for hydroxylation is 1. The molecule has 0 bridgehead atoms. The quantitative estimate of drug-likeness (QED) is 0.604. The molecule has 20 heavy (non-hydrogen) atoms. The molecule has 1 aromatic carbocycles. The van der Waals surface area contributed by atoms with E-state index in [0.29, 0.717) is 5.56 Å². The molecule has 1 aromatic rings. The Morgan fingerprint density at radius 1 is 1.30 bits per heavy atom. The van der Waals surface area contributed by atoms with Gasteiger partial charge in [-0.1, -0.05) is 34.8 Å². The van der Waals surface area contributed by atoms with Crippen LogP contribution in [0.2, 0.25) is 0 Å². The smallest absolute Gasteiger partial charge is 0.416 e. The summed E-state index contributed by atoms with van der Waals surface area (Å²) in [7, 11) is 1.18. The van der Waals surface area contributed by atoms with Crippen LogP contribution in [0.4, 0.5) is 13.2 Å². The molecule has 0 unspecified atom stereocenters. The molecule has 0 radical (unpaired) electrons. The standard InChI is InChI=1S/C13H11Cl2F3O2/c1-6-3-7(5-8(4-6)13(16,17)18)9-10(11(19)20-2)12(9,14)15/h3-5,9-10H,1-2H3/t9-,10+/m1/s1. The number of halogens is 5. The van der Waals surface area contributed by atoms with Crippen LogP contribution in [0.3, 0.4) is 0 Å². The van der Waals surface area contributed by atoms with Gasteiger partial charge in [0, 0.05) is 5.92 Å². The lowest BCUT2D eigenvalue weighted by Gasteiger charge is -2.10. The van der Waals surface area contributed by atoms with Crippen molar-refractivity contribution in [3.8, 4) is 0 Å². The Kier molecular flexibility index (Phi) is 3.71. The minimum absolute atomic E-state index is 0.290. The number of rotatable bonds is 2. The van der Waals surface area contributed by atoms with E-state index in [0.717, 1.165) is 12.1 Å². The van der Waals surface area contributed by atoms with Gasteiger partial charge in [0.05, 0.1) is 12.7 Å². The highest BCUT2D eigenvalue weighted by atomic mass is 35.5. The van der Waals surface area contributed by atoms with Crippen molar-refractivity contribution in [1.29, 1.82) is 0 Å². The van der Waals surface area contributed by atoms with E-state index in [1.807, 2.05) is 0 Å². The maximum Gasteiger partial charge on any atom is 0.416 e. The zero-order valence-electron chi connectivity index (χ0n) is 10.6. The van der Waals surface area contributed by atoms with Gasteiger partial charge in [-0.2, -0.15) is 13.2 Å². The molecule has 2 rings (SSSR count). The number of carbonyl (C=O) groups excluding carboxylic acids is 1. The highest BCUT2D eigenvalue weighted by Gasteiger charge is 2.68. The fourth-order valence-corrected chi connectivity index (χ4v) is 3.13. The summed E-state index contributed by atoms with van der Waals surface area (Å²) in [6.45, 7) is 1.54. The van der Waals surface area contributed by atoms with E-state index in [-0.39, 0.29) is 5.56 Å². The van der Waals surface area contributed by atoms with Gasteiger partial charge in [-0.15, -0.1) is 0 Å². The number of hydrogen-bond acceptors (Lipinski definition) is 2. The van der Waals surface area contributed by atoms with E-state index in [1.165, 1.54) is 7.11 Å². The summed E-state index contributed by atoms with van der Waals surface area (Å²) >= 11 is 12.0. The largest absolute Gasteiger partial charge is 0.469 e. The molecule has 2 atom stereocenters. The predicted octanol–water partition coefficient (Wildman–Crippen LogP) is 4.07. The summed E-state index contributed by atoms with van der Waals surface area (Å²) in [5, 5.41) is 0. The van der Waals surface area contributed by atoms with Crippen LogP contribution in [0.5, 0.6) is 0 Å². The van der Waals surface area contributed by atoms with Crippen LogP contribution in [0.15, 0.2) is 18.2 Å². The van der Waals surface area contributed by atoms with E-state index >= 15 is 0 Å². The summed E-state index contributed by atoms with van der Waals surface area (Å²) < 4.78 is 41.5. The minimum Gasteiger partial charge on any atom is -0.469 e. The Labute approximate surface area is 123 Å². The normalized spacial score (nSPS) is 24.4. The first kappa shape index (κ1) is 15.4. The third-order valence-corrected chi connectivity index (χ3v) is 4.24. The molecule has 0 amide bonds. The second-order valence-electron chi connectivity index (χ2n) is 4.78. The van der Waals surface area contributed by atoms with E-state index in [9.17, 15) is 18.0 Å². The van der Waals surface area contributed by atoms with E-state index in [2.05, 4.69) is 4.74 Å². The second kappa shape index (κ2) is 4.81. The summed E-state index contributed by atoms with van der Waals surface area (Å²) in [6, 6.07) is 3.55. The Morgan fingerprint density at radius 2 is 1.90 bits per heavy atom. The Balaban J connectivity index is 2.40. The van der Waals surface area contributed by atoms with Gasteiger partial charge in [-0.25, -0.2) is 0 Å². The van der Waals surface area contributed by atoms with Crippen LogP contribution >= 0.6 is 23.2 Å². The highest BCUT2D eigenvalue weighted by Crippen LogP contribution is 2.65. The molecule has 0 heterocycles. The molecule has 1 fully saturated rings. The highest BCUT2D eigenvalue weighted by molar-refractivity contribution is 6.53. The average molecular weight is 327 g/mol. The predicted molar refractivity (Wildman–Crippen MR) is 68.9 cm³/mol. The van der Waals surface area contributed by atoms with E-state index in [4.69, 9.17) is 23.2 Å². The SMILES string of the molecule is COC(=O)[C@@H]1[C@@H](c2cc(C)cc(C(F)(F)F)c2)C1(Cl)Cl. The second-order valence-corrected chi connectivity index (χ2v) is 6.23. The first-order valence-electron chi connectivity index (χ1n) is 5.73. The molecular formula is C13H11Cl2F3O2. The van der Waals surface area contributed by atoms with Gasteiger partial charge < -0.3 is 4.74 Å². The first-order valence-corrected chi connectivity index (χ1v) is 6.49. The monoisotopic (exact) mass is 326 g/mol. The van der Waals surface area contributed by atoms with Gasteiger partial charge >= 0.3 is 12.1 Å². The fraction of sp³-hybridized carbons (Fsp3) is 0.462. The molecule has 1 aliphatic carbocycles. The number of esters is 1. The Hall–Kier alpha value is -0.940. The number of benzene rings is 1. The van der Waals surface area contributed by atoms with E-state index in [1.54, 1.807) is 13.0 Å². The molecule has 0 N–H and O–H groups in total. The average Bonchev–Trinajstić information content (AvgIpc) is 2.89. The summed E-state index contributed by atoms with van der Waals surface area (Å²) in [6.07, 6.45) is -4.46. The Bertz CT molecular complexity index is 555. The molecule has 1 aliphatic rings. The lowest BCUT2D eigenvalue weighted by molar-refractivity contribution is -0.142. The Morgan fingerprint density at radius 3 is 2.40 bits per heavy atom. The van der Waals surface area contributed by atoms with Crippen molar-refractivity contribution < 1.29 is 22.7 Å². The van der Waals surface area contributed by atoms with Crippen LogP contribution in [0, 0.1) is 12.8 Å². The number of carbonyl (C=O) groups is 1. The summed E-state index contributed by atoms with van der Waals surface area (Å²) in [4.78, 5) is 11.5. The van der Waals surface area contributed by atoms with Crippen molar-refractivity contribution in [2.45, 2.75) is 23.4 Å². The molecule has 0 aliphatic heterocycles. The van der Waals surface area contributed by atoms with Crippen molar-refractivity contribution >= 4 is 29.2 Å². The maximum absolute atomic E-state index is 12.8. The van der Waals surface area contributed by atoms with Gasteiger partial charge in [0.15, 0.2) is 0 Å². The molecule has 110 valence electrons. The molecule has 1 saturated carbocycles. The van der Waals surface area contributed by atoms with Crippen LogP contribution in [-0.4, -0.2) is 17.4 Å². The number of ether oxygens (including phenoxy) is 1. The van der Waals surface area contributed by atoms with Crippen LogP contribution < -0.4 is 0 Å². The first-order chi connectivity index (χ1) is 9.09. The number of methoxy groups -OCH3 is 1. The molecule has 2 nitrogen and oxygen atoms in total. The van der Waals surface area contributed by atoms with Gasteiger partial charge in [-0.05, 0) is 24.6 Å². The van der Waals surface area contributed by atoms with Gasteiger partial charge in [0.2, 0.25) is 0 Å². The lowest BCUT2D eigenvalue weighted by atomic mass is 10.0. The topological polar surface area (TPSA) is 26.3 Å². The zero-order chi connectivity index (χ0) is 15.3. The van der Waals surface area contributed by atoms with Crippen molar-refractivity contribution in [2.75, 3.05) is 7.11 Å². The van der Waals surface area contributed by atoms with Crippen LogP contribution in [0.1, 0.15) is 22.6 Å². The molecule has 0 spiro atoms. The summed E-state index contributed by atoms with van der Waals surface area (Å²) in [5.41, 5.74) is -0.0700. The van der Waals surface area contributed by atoms with Crippen LogP contribution in [-0.2, 0) is 15.7 Å². The lowest BCUT2D eigenvalue weighted by Crippen LogP contribution is -2.08. The number of alkyl halides is 5. The van der Waals surface area contributed by atoms with Gasteiger partial charge in [0.1, 0.15) is 10.3 Å². The van der Waals surface area contributed by atoms with Crippen LogP contribution in [0.25, 0.3) is 0 Å².